The Morgan fingerprint density at radius 2 is 1.86 bits per heavy atom. The predicted octanol–water partition coefficient (Wildman–Crippen LogP) is 3.51. The van der Waals surface area contributed by atoms with Gasteiger partial charge >= 0.3 is 0 Å². The van der Waals surface area contributed by atoms with Gasteiger partial charge in [0.15, 0.2) is 0 Å². The Morgan fingerprint density at radius 1 is 1.10 bits per heavy atom. The largest absolute Gasteiger partial charge is 0.370 e. The summed E-state index contributed by atoms with van der Waals surface area (Å²) >= 11 is 0. The molecule has 1 heterocycles. The molecule has 0 saturated carbocycles. The Labute approximate surface area is 127 Å². The smallest absolute Gasteiger partial charge is 0.114 e. The Morgan fingerprint density at radius 3 is 2.52 bits per heavy atom. The van der Waals surface area contributed by atoms with E-state index in [1.54, 1.807) is 6.20 Å². The number of benzene rings is 1. The lowest BCUT2D eigenvalue weighted by Gasteiger charge is -2.23. The Kier molecular flexibility index (Phi) is 6.38. The molecule has 3 heteroatoms. The summed E-state index contributed by atoms with van der Waals surface area (Å²) in [4.78, 5) is 4.38. The monoisotopic (exact) mass is 284 g/mol. The molecule has 0 bridgehead atoms. The van der Waals surface area contributed by atoms with Crippen LogP contribution in [0.2, 0.25) is 0 Å². The van der Waals surface area contributed by atoms with Crippen molar-refractivity contribution >= 4 is 0 Å². The van der Waals surface area contributed by atoms with E-state index in [2.05, 4.69) is 36.2 Å². The first-order valence-electron chi connectivity index (χ1n) is 7.63. The zero-order chi connectivity index (χ0) is 14.9. The molecule has 0 saturated heterocycles. The fourth-order valence-corrected chi connectivity index (χ4v) is 2.32. The highest BCUT2D eigenvalue weighted by atomic mass is 16.5. The van der Waals surface area contributed by atoms with Crippen LogP contribution in [0.5, 0.6) is 0 Å². The Hall–Kier alpha value is -1.71. The minimum Gasteiger partial charge on any atom is -0.370 e. The minimum atomic E-state index is -0.119. The SMILES string of the molecule is CCC(N)C(OCCCc1ccccc1)c1ccccn1. The van der Waals surface area contributed by atoms with Crippen molar-refractivity contribution < 1.29 is 4.74 Å². The molecule has 0 aliphatic rings. The van der Waals surface area contributed by atoms with Crippen molar-refractivity contribution in [1.82, 2.24) is 4.98 Å². The summed E-state index contributed by atoms with van der Waals surface area (Å²) in [6.45, 7) is 2.78. The number of rotatable bonds is 8. The van der Waals surface area contributed by atoms with Crippen LogP contribution < -0.4 is 5.73 Å². The second kappa shape index (κ2) is 8.55. The van der Waals surface area contributed by atoms with Gasteiger partial charge < -0.3 is 10.5 Å². The van der Waals surface area contributed by atoms with Gasteiger partial charge in [0.1, 0.15) is 6.10 Å². The highest BCUT2D eigenvalue weighted by Crippen LogP contribution is 2.20. The van der Waals surface area contributed by atoms with Gasteiger partial charge in [-0.3, -0.25) is 4.98 Å². The molecule has 21 heavy (non-hydrogen) atoms. The molecule has 2 rings (SSSR count). The Bertz CT molecular complexity index is 501. The van der Waals surface area contributed by atoms with Crippen molar-refractivity contribution in [2.75, 3.05) is 6.61 Å². The van der Waals surface area contributed by atoms with E-state index in [0.29, 0.717) is 6.61 Å². The summed E-state index contributed by atoms with van der Waals surface area (Å²) in [5, 5.41) is 0. The first kappa shape index (κ1) is 15.7. The van der Waals surface area contributed by atoms with Crippen LogP contribution in [0.3, 0.4) is 0 Å². The molecule has 0 fully saturated rings. The number of hydrogen-bond donors (Lipinski definition) is 1. The maximum atomic E-state index is 6.18. The molecule has 2 unspecified atom stereocenters. The summed E-state index contributed by atoms with van der Waals surface area (Å²) in [5.74, 6) is 0. The molecule has 1 aromatic carbocycles. The van der Waals surface area contributed by atoms with Crippen molar-refractivity contribution in [3.8, 4) is 0 Å². The van der Waals surface area contributed by atoms with Crippen molar-refractivity contribution in [3.63, 3.8) is 0 Å². The highest BCUT2D eigenvalue weighted by Gasteiger charge is 2.20. The molecule has 112 valence electrons. The van der Waals surface area contributed by atoms with Crippen molar-refractivity contribution in [1.29, 1.82) is 0 Å². The summed E-state index contributed by atoms with van der Waals surface area (Å²) in [6.07, 6.45) is 4.56. The molecule has 1 aromatic heterocycles. The van der Waals surface area contributed by atoms with Crippen LogP contribution in [0.15, 0.2) is 54.7 Å². The van der Waals surface area contributed by atoms with E-state index in [-0.39, 0.29) is 12.1 Å². The first-order valence-corrected chi connectivity index (χ1v) is 7.63. The maximum absolute atomic E-state index is 6.18. The average Bonchev–Trinajstić information content (AvgIpc) is 2.56. The topological polar surface area (TPSA) is 48.1 Å². The molecule has 2 atom stereocenters. The molecular formula is C18H24N2O. The van der Waals surface area contributed by atoms with Crippen LogP contribution in [0, 0.1) is 0 Å². The fourth-order valence-electron chi connectivity index (χ4n) is 2.32. The first-order chi connectivity index (χ1) is 10.3. The lowest BCUT2D eigenvalue weighted by molar-refractivity contribution is 0.0294. The molecule has 0 spiro atoms. The second-order valence-corrected chi connectivity index (χ2v) is 5.21. The summed E-state index contributed by atoms with van der Waals surface area (Å²) in [7, 11) is 0. The van der Waals surface area contributed by atoms with Gasteiger partial charge in [0.2, 0.25) is 0 Å². The number of aryl methyl sites for hydroxylation is 1. The van der Waals surface area contributed by atoms with E-state index in [9.17, 15) is 0 Å². The van der Waals surface area contributed by atoms with Crippen molar-refractivity contribution in [3.05, 3.63) is 66.0 Å². The van der Waals surface area contributed by atoms with E-state index < -0.39 is 0 Å². The normalized spacial score (nSPS) is 13.8. The number of nitrogens with two attached hydrogens (primary N) is 1. The lowest BCUT2D eigenvalue weighted by atomic mass is 10.1. The summed E-state index contributed by atoms with van der Waals surface area (Å²) in [5.41, 5.74) is 8.44. The average molecular weight is 284 g/mol. The van der Waals surface area contributed by atoms with Gasteiger partial charge in [0.05, 0.1) is 5.69 Å². The van der Waals surface area contributed by atoms with Crippen molar-refractivity contribution in [2.24, 2.45) is 5.73 Å². The van der Waals surface area contributed by atoms with Crippen LogP contribution >= 0.6 is 0 Å². The number of hydrogen-bond acceptors (Lipinski definition) is 3. The van der Waals surface area contributed by atoms with E-state index in [1.807, 2.05) is 24.3 Å². The summed E-state index contributed by atoms with van der Waals surface area (Å²) < 4.78 is 6.02. The fraction of sp³-hybridized carbons (Fsp3) is 0.389. The van der Waals surface area contributed by atoms with Crippen LogP contribution in [0.25, 0.3) is 0 Å². The van der Waals surface area contributed by atoms with E-state index >= 15 is 0 Å². The third-order valence-corrected chi connectivity index (χ3v) is 3.59. The molecule has 2 aromatic rings. The van der Waals surface area contributed by atoms with Crippen LogP contribution in [-0.2, 0) is 11.2 Å². The second-order valence-electron chi connectivity index (χ2n) is 5.21. The summed E-state index contributed by atoms with van der Waals surface area (Å²) in [6, 6.07) is 16.3. The van der Waals surface area contributed by atoms with Gasteiger partial charge in [-0.1, -0.05) is 43.3 Å². The minimum absolute atomic E-state index is 0.0170. The van der Waals surface area contributed by atoms with Crippen LogP contribution in [0.4, 0.5) is 0 Å². The van der Waals surface area contributed by atoms with Gasteiger partial charge in [0.25, 0.3) is 0 Å². The predicted molar refractivity (Wildman–Crippen MR) is 86.0 cm³/mol. The van der Waals surface area contributed by atoms with Gasteiger partial charge in [0, 0.05) is 18.8 Å². The van der Waals surface area contributed by atoms with Crippen LogP contribution in [-0.4, -0.2) is 17.6 Å². The van der Waals surface area contributed by atoms with Gasteiger partial charge in [-0.25, -0.2) is 0 Å². The van der Waals surface area contributed by atoms with Crippen LogP contribution in [0.1, 0.15) is 37.1 Å². The molecular weight excluding hydrogens is 260 g/mol. The van der Waals surface area contributed by atoms with Gasteiger partial charge in [-0.2, -0.15) is 0 Å². The zero-order valence-electron chi connectivity index (χ0n) is 12.6. The molecule has 0 aliphatic heterocycles. The Balaban J connectivity index is 1.85. The zero-order valence-corrected chi connectivity index (χ0v) is 12.6. The van der Waals surface area contributed by atoms with Gasteiger partial charge in [-0.15, -0.1) is 0 Å². The van der Waals surface area contributed by atoms with Crippen molar-refractivity contribution in [2.45, 2.75) is 38.3 Å². The third kappa shape index (κ3) is 4.96. The number of nitrogens with zero attached hydrogens (tertiary/aromatic N) is 1. The maximum Gasteiger partial charge on any atom is 0.114 e. The quantitative estimate of drug-likeness (QED) is 0.755. The molecule has 0 radical (unpaired) electrons. The molecule has 0 aliphatic carbocycles. The molecule has 3 nitrogen and oxygen atoms in total. The number of ether oxygens (including phenoxy) is 1. The third-order valence-electron chi connectivity index (χ3n) is 3.59. The van der Waals surface area contributed by atoms with E-state index in [4.69, 9.17) is 10.5 Å². The van der Waals surface area contributed by atoms with E-state index in [1.165, 1.54) is 5.56 Å². The van der Waals surface area contributed by atoms with E-state index in [0.717, 1.165) is 25.0 Å². The lowest BCUT2D eigenvalue weighted by Crippen LogP contribution is -2.30. The van der Waals surface area contributed by atoms with Gasteiger partial charge in [-0.05, 0) is 37.0 Å². The molecule has 0 amide bonds. The number of pyridine rings is 1. The highest BCUT2D eigenvalue weighted by molar-refractivity contribution is 5.14. The standard InChI is InChI=1S/C18H24N2O/c1-2-16(19)18(17-12-6-7-13-20-17)21-14-8-11-15-9-4-3-5-10-15/h3-7,9-10,12-13,16,18H,2,8,11,14,19H2,1H3. The number of aromatic nitrogens is 1. The molecule has 2 N–H and O–H groups in total.